The molecule has 0 saturated heterocycles. The molecular formula is C32H43NO2. The number of benzene rings is 1. The second-order valence-electron chi connectivity index (χ2n) is 10.5. The van der Waals surface area contributed by atoms with E-state index in [2.05, 4.69) is 60.6 Å². The predicted octanol–water partition coefficient (Wildman–Crippen LogP) is 7.82. The molecule has 0 aromatic heterocycles. The normalized spacial score (nSPS) is 25.2. The standard InChI is InChI=1S/C32H43NO2/c1-4-19-32(31(34-3)24-35-23-27-11-7-5-8-12-27)22-30(32)25(2)29(28-13-9-6-10-14-28)16-15-26-17-20-33-21-18-26/h4,6,9-10,13-14,17-18,20,24,27,29-30,33H,1-2,5,7-8,11-12,15-16,19,21-23H2,3H3/b31-24-. The number of ether oxygens (including phenoxy) is 2. The number of rotatable bonds is 13. The second kappa shape index (κ2) is 12.3. The van der Waals surface area contributed by atoms with Gasteiger partial charge in [0.15, 0.2) is 0 Å². The van der Waals surface area contributed by atoms with E-state index in [0.717, 1.165) is 44.6 Å². The average Bonchev–Trinajstić information content (AvgIpc) is 3.63. The van der Waals surface area contributed by atoms with Crippen molar-refractivity contribution in [2.75, 3.05) is 20.3 Å². The van der Waals surface area contributed by atoms with Crippen LogP contribution < -0.4 is 5.32 Å². The molecule has 2 fully saturated rings. The van der Waals surface area contributed by atoms with E-state index < -0.39 is 0 Å². The lowest BCUT2D eigenvalue weighted by molar-refractivity contribution is 0.138. The van der Waals surface area contributed by atoms with Gasteiger partial charge in [-0.3, -0.25) is 0 Å². The van der Waals surface area contributed by atoms with Gasteiger partial charge >= 0.3 is 0 Å². The van der Waals surface area contributed by atoms with Crippen LogP contribution in [0.1, 0.15) is 69.3 Å². The summed E-state index contributed by atoms with van der Waals surface area (Å²) in [6.07, 6.45) is 21.1. The summed E-state index contributed by atoms with van der Waals surface area (Å²) in [4.78, 5) is 0. The first-order valence-electron chi connectivity index (χ1n) is 13.5. The van der Waals surface area contributed by atoms with Gasteiger partial charge in [-0.05, 0) is 73.8 Å². The van der Waals surface area contributed by atoms with Crippen LogP contribution in [0, 0.1) is 17.3 Å². The van der Waals surface area contributed by atoms with Gasteiger partial charge in [0, 0.05) is 17.9 Å². The molecule has 1 N–H and O–H groups in total. The third-order valence-electron chi connectivity index (χ3n) is 8.26. The molecule has 0 radical (unpaired) electrons. The Labute approximate surface area is 212 Å². The highest BCUT2D eigenvalue weighted by atomic mass is 16.5. The molecule has 0 spiro atoms. The van der Waals surface area contributed by atoms with Crippen LogP contribution in [0.15, 0.2) is 91.1 Å². The highest BCUT2D eigenvalue weighted by Gasteiger charge is 2.59. The summed E-state index contributed by atoms with van der Waals surface area (Å²) in [5.41, 5.74) is 3.99. The van der Waals surface area contributed by atoms with Crippen LogP contribution >= 0.6 is 0 Å². The van der Waals surface area contributed by atoms with Crippen molar-refractivity contribution >= 4 is 0 Å². The first kappa shape index (κ1) is 25.4. The molecular weight excluding hydrogens is 430 g/mol. The fourth-order valence-electron chi connectivity index (χ4n) is 6.11. The molecule has 3 unspecified atom stereocenters. The van der Waals surface area contributed by atoms with Crippen LogP contribution in [0.25, 0.3) is 0 Å². The molecule has 0 bridgehead atoms. The summed E-state index contributed by atoms with van der Waals surface area (Å²) in [5.74, 6) is 2.32. The van der Waals surface area contributed by atoms with Gasteiger partial charge in [0.1, 0.15) is 12.0 Å². The van der Waals surface area contributed by atoms with E-state index >= 15 is 0 Å². The Kier molecular flexibility index (Phi) is 8.95. The van der Waals surface area contributed by atoms with Crippen LogP contribution in [0.5, 0.6) is 0 Å². The van der Waals surface area contributed by atoms with Crippen molar-refractivity contribution in [2.24, 2.45) is 17.3 Å². The van der Waals surface area contributed by atoms with Crippen molar-refractivity contribution < 1.29 is 9.47 Å². The minimum Gasteiger partial charge on any atom is -0.497 e. The lowest BCUT2D eigenvalue weighted by atomic mass is 9.81. The second-order valence-corrected chi connectivity index (χ2v) is 10.5. The highest BCUT2D eigenvalue weighted by molar-refractivity contribution is 5.38. The quantitative estimate of drug-likeness (QED) is 0.234. The van der Waals surface area contributed by atoms with E-state index in [1.807, 2.05) is 12.3 Å². The van der Waals surface area contributed by atoms with Gasteiger partial charge in [-0.2, -0.15) is 0 Å². The molecule has 1 aliphatic heterocycles. The SMILES string of the molecule is C=CCC1(/C(=C/OCC2CCCCC2)OC)CC1C(=C)C(CCC1=CCNC=C1)c1ccccc1. The van der Waals surface area contributed by atoms with Gasteiger partial charge in [-0.15, -0.1) is 6.58 Å². The first-order chi connectivity index (χ1) is 17.2. The molecule has 1 aromatic rings. The molecule has 3 atom stereocenters. The monoisotopic (exact) mass is 473 g/mol. The smallest absolute Gasteiger partial charge is 0.137 e. The zero-order chi connectivity index (χ0) is 24.5. The Bertz CT molecular complexity index is 938. The van der Waals surface area contributed by atoms with Gasteiger partial charge in [0.2, 0.25) is 0 Å². The maximum absolute atomic E-state index is 6.13. The van der Waals surface area contributed by atoms with Crippen molar-refractivity contribution in [1.29, 1.82) is 0 Å². The van der Waals surface area contributed by atoms with Gasteiger partial charge in [-0.25, -0.2) is 0 Å². The topological polar surface area (TPSA) is 30.5 Å². The van der Waals surface area contributed by atoms with Crippen LogP contribution in [-0.4, -0.2) is 20.3 Å². The molecule has 3 heteroatoms. The van der Waals surface area contributed by atoms with Crippen molar-refractivity contribution in [1.82, 2.24) is 5.32 Å². The Balaban J connectivity index is 1.48. The predicted molar refractivity (Wildman–Crippen MR) is 146 cm³/mol. The van der Waals surface area contributed by atoms with E-state index in [1.165, 1.54) is 48.8 Å². The Hall–Kier alpha value is -2.68. The number of hydrogen-bond donors (Lipinski definition) is 1. The molecule has 0 amide bonds. The van der Waals surface area contributed by atoms with E-state index in [0.29, 0.717) is 17.8 Å². The fourth-order valence-corrected chi connectivity index (χ4v) is 6.11. The summed E-state index contributed by atoms with van der Waals surface area (Å²) in [6, 6.07) is 10.9. The maximum Gasteiger partial charge on any atom is 0.137 e. The van der Waals surface area contributed by atoms with Crippen molar-refractivity contribution in [2.45, 2.75) is 63.7 Å². The third kappa shape index (κ3) is 6.31. The van der Waals surface area contributed by atoms with E-state index in [4.69, 9.17) is 16.1 Å². The largest absolute Gasteiger partial charge is 0.497 e. The number of dihydropyridines is 1. The Morgan fingerprint density at radius 1 is 1.20 bits per heavy atom. The van der Waals surface area contributed by atoms with Crippen LogP contribution in [0.4, 0.5) is 0 Å². The van der Waals surface area contributed by atoms with Crippen molar-refractivity contribution in [3.05, 3.63) is 96.6 Å². The molecule has 2 aliphatic carbocycles. The van der Waals surface area contributed by atoms with E-state index in [9.17, 15) is 0 Å². The highest BCUT2D eigenvalue weighted by Crippen LogP contribution is 2.65. The van der Waals surface area contributed by atoms with Crippen LogP contribution in [0.3, 0.4) is 0 Å². The zero-order valence-corrected chi connectivity index (χ0v) is 21.5. The molecule has 188 valence electrons. The minimum absolute atomic E-state index is 0.0822. The summed E-state index contributed by atoms with van der Waals surface area (Å²) in [7, 11) is 1.78. The molecule has 1 aromatic carbocycles. The summed E-state index contributed by atoms with van der Waals surface area (Å²) < 4.78 is 12.1. The first-order valence-corrected chi connectivity index (χ1v) is 13.5. The van der Waals surface area contributed by atoms with Gasteiger partial charge in [-0.1, -0.05) is 73.9 Å². The lowest BCUT2D eigenvalue weighted by Crippen LogP contribution is -2.16. The van der Waals surface area contributed by atoms with Gasteiger partial charge < -0.3 is 14.8 Å². The van der Waals surface area contributed by atoms with E-state index in [1.54, 1.807) is 7.11 Å². The summed E-state index contributed by atoms with van der Waals surface area (Å²) in [5, 5.41) is 3.25. The molecule has 3 aliphatic rings. The third-order valence-corrected chi connectivity index (χ3v) is 8.26. The number of allylic oxidation sites excluding steroid dienone is 5. The maximum atomic E-state index is 6.13. The van der Waals surface area contributed by atoms with Gasteiger partial charge in [0.25, 0.3) is 0 Å². The number of hydrogen-bond acceptors (Lipinski definition) is 3. The van der Waals surface area contributed by atoms with Crippen molar-refractivity contribution in [3.63, 3.8) is 0 Å². The molecule has 35 heavy (non-hydrogen) atoms. The van der Waals surface area contributed by atoms with Crippen LogP contribution in [-0.2, 0) is 9.47 Å². The average molecular weight is 474 g/mol. The van der Waals surface area contributed by atoms with Crippen LogP contribution in [0.2, 0.25) is 0 Å². The zero-order valence-electron chi connectivity index (χ0n) is 21.5. The lowest BCUT2D eigenvalue weighted by Gasteiger charge is -2.25. The minimum atomic E-state index is -0.0822. The Morgan fingerprint density at radius 3 is 2.69 bits per heavy atom. The molecule has 3 nitrogen and oxygen atoms in total. The molecule has 4 rings (SSSR count). The summed E-state index contributed by atoms with van der Waals surface area (Å²) in [6.45, 7) is 10.5. The summed E-state index contributed by atoms with van der Waals surface area (Å²) >= 11 is 0. The van der Waals surface area contributed by atoms with E-state index in [-0.39, 0.29) is 5.41 Å². The van der Waals surface area contributed by atoms with Crippen molar-refractivity contribution in [3.8, 4) is 0 Å². The van der Waals surface area contributed by atoms with Gasteiger partial charge in [0.05, 0.1) is 13.7 Å². The number of methoxy groups -OCH3 is 1. The fraction of sp³-hybridized carbons (Fsp3) is 0.500. The number of nitrogens with one attached hydrogen (secondary N) is 1. The molecule has 1 heterocycles. The molecule has 2 saturated carbocycles. The Morgan fingerprint density at radius 2 is 2.00 bits per heavy atom.